The summed E-state index contributed by atoms with van der Waals surface area (Å²) < 4.78 is 0.985. The van der Waals surface area contributed by atoms with E-state index in [2.05, 4.69) is 27.9 Å². The molecule has 1 aliphatic rings. The first kappa shape index (κ1) is 16.2. The Labute approximate surface area is 137 Å². The Morgan fingerprint density at radius 1 is 1.43 bits per heavy atom. The molecular formula is C15H19IN2O3. The Morgan fingerprint density at radius 2 is 2.14 bits per heavy atom. The van der Waals surface area contributed by atoms with E-state index in [4.69, 9.17) is 0 Å². The number of para-hydroxylation sites is 1. The Hall–Kier alpha value is -1.15. The number of nitrogens with one attached hydrogen (secondary N) is 1. The highest BCUT2D eigenvalue weighted by Crippen LogP contribution is 2.34. The van der Waals surface area contributed by atoms with Crippen LogP contribution in [0, 0.1) is 8.99 Å². The monoisotopic (exact) mass is 402 g/mol. The van der Waals surface area contributed by atoms with E-state index in [1.165, 1.54) is 0 Å². The topological polar surface area (TPSA) is 69.6 Å². The van der Waals surface area contributed by atoms with Crippen molar-refractivity contribution in [2.24, 2.45) is 5.41 Å². The molecule has 0 bridgehead atoms. The molecule has 0 aliphatic carbocycles. The van der Waals surface area contributed by atoms with Gasteiger partial charge in [-0.25, -0.2) is 0 Å². The zero-order valence-electron chi connectivity index (χ0n) is 11.9. The van der Waals surface area contributed by atoms with Crippen LogP contribution in [-0.4, -0.2) is 41.5 Å². The third-order valence-electron chi connectivity index (χ3n) is 4.08. The largest absolute Gasteiger partial charge is 0.481 e. The van der Waals surface area contributed by atoms with Crippen molar-refractivity contribution in [3.05, 3.63) is 27.8 Å². The first-order chi connectivity index (χ1) is 9.97. The molecule has 0 spiro atoms. The van der Waals surface area contributed by atoms with Crippen molar-refractivity contribution in [1.29, 1.82) is 0 Å². The molecule has 1 aromatic carbocycles. The number of aliphatic carboxylic acids is 1. The van der Waals surface area contributed by atoms with Gasteiger partial charge in [-0.3, -0.25) is 14.5 Å². The van der Waals surface area contributed by atoms with Gasteiger partial charge < -0.3 is 10.4 Å². The van der Waals surface area contributed by atoms with E-state index in [0.29, 0.717) is 25.9 Å². The van der Waals surface area contributed by atoms with Crippen LogP contribution in [0.1, 0.15) is 19.8 Å². The molecule has 1 aliphatic heterocycles. The summed E-state index contributed by atoms with van der Waals surface area (Å²) in [6.07, 6.45) is 1.20. The van der Waals surface area contributed by atoms with Crippen molar-refractivity contribution in [2.75, 3.05) is 25.0 Å². The maximum atomic E-state index is 12.1. The van der Waals surface area contributed by atoms with Crippen molar-refractivity contribution < 1.29 is 14.7 Å². The van der Waals surface area contributed by atoms with Gasteiger partial charge in [0.1, 0.15) is 0 Å². The van der Waals surface area contributed by atoms with E-state index in [-0.39, 0.29) is 12.5 Å². The van der Waals surface area contributed by atoms with Crippen LogP contribution in [0.15, 0.2) is 24.3 Å². The van der Waals surface area contributed by atoms with Crippen LogP contribution in [-0.2, 0) is 9.59 Å². The Bertz CT molecular complexity index is 549. The van der Waals surface area contributed by atoms with Crippen LogP contribution in [0.4, 0.5) is 5.69 Å². The lowest BCUT2D eigenvalue weighted by Gasteiger charge is -2.22. The molecular weight excluding hydrogens is 383 g/mol. The van der Waals surface area contributed by atoms with Crippen LogP contribution in [0.25, 0.3) is 0 Å². The van der Waals surface area contributed by atoms with Crippen molar-refractivity contribution >= 4 is 40.2 Å². The molecule has 1 saturated heterocycles. The van der Waals surface area contributed by atoms with Gasteiger partial charge in [-0.15, -0.1) is 0 Å². The molecule has 0 radical (unpaired) electrons. The van der Waals surface area contributed by atoms with Crippen molar-refractivity contribution in [2.45, 2.75) is 19.8 Å². The maximum Gasteiger partial charge on any atom is 0.310 e. The van der Waals surface area contributed by atoms with Gasteiger partial charge in [-0.2, -0.15) is 0 Å². The summed E-state index contributed by atoms with van der Waals surface area (Å²) in [5, 5.41) is 12.2. The van der Waals surface area contributed by atoms with E-state index in [1.807, 2.05) is 36.1 Å². The maximum absolute atomic E-state index is 12.1. The zero-order valence-corrected chi connectivity index (χ0v) is 14.1. The lowest BCUT2D eigenvalue weighted by atomic mass is 9.84. The van der Waals surface area contributed by atoms with Crippen LogP contribution in [0.2, 0.25) is 0 Å². The van der Waals surface area contributed by atoms with E-state index < -0.39 is 11.4 Å². The second-order valence-corrected chi connectivity index (χ2v) is 6.59. The number of likely N-dealkylation sites (tertiary alicyclic amines) is 1. The number of hydrogen-bond acceptors (Lipinski definition) is 3. The molecule has 1 atom stereocenters. The summed E-state index contributed by atoms with van der Waals surface area (Å²) in [6, 6.07) is 7.58. The number of halogens is 1. The number of anilines is 1. The number of nitrogens with zero attached hydrogens (tertiary/aromatic N) is 1. The highest BCUT2D eigenvalue weighted by atomic mass is 127. The normalized spacial score (nSPS) is 22.2. The van der Waals surface area contributed by atoms with Gasteiger partial charge in [0, 0.05) is 10.1 Å². The lowest BCUT2D eigenvalue weighted by Crippen LogP contribution is -2.37. The third kappa shape index (κ3) is 3.74. The first-order valence-electron chi connectivity index (χ1n) is 6.97. The molecule has 5 nitrogen and oxygen atoms in total. The van der Waals surface area contributed by atoms with Gasteiger partial charge >= 0.3 is 5.97 Å². The van der Waals surface area contributed by atoms with E-state index in [9.17, 15) is 14.7 Å². The minimum atomic E-state index is -0.759. The fourth-order valence-corrected chi connectivity index (χ4v) is 3.19. The number of carboxylic acids is 1. The summed E-state index contributed by atoms with van der Waals surface area (Å²) in [5.41, 5.74) is 0.101. The highest BCUT2D eigenvalue weighted by Gasteiger charge is 2.43. The summed E-state index contributed by atoms with van der Waals surface area (Å²) in [6.45, 7) is 3.22. The van der Waals surface area contributed by atoms with Gasteiger partial charge in [0.25, 0.3) is 0 Å². The van der Waals surface area contributed by atoms with Crippen molar-refractivity contribution in [1.82, 2.24) is 4.90 Å². The van der Waals surface area contributed by atoms with E-state index in [0.717, 1.165) is 9.26 Å². The summed E-state index contributed by atoms with van der Waals surface area (Å²) >= 11 is 2.17. The predicted molar refractivity (Wildman–Crippen MR) is 89.2 cm³/mol. The number of hydrogen-bond donors (Lipinski definition) is 2. The van der Waals surface area contributed by atoms with Crippen LogP contribution >= 0.6 is 22.6 Å². The summed E-state index contributed by atoms with van der Waals surface area (Å²) in [7, 11) is 0. The van der Waals surface area contributed by atoms with Crippen LogP contribution in [0.3, 0.4) is 0 Å². The first-order valence-corrected chi connectivity index (χ1v) is 8.05. The fourth-order valence-electron chi connectivity index (χ4n) is 2.66. The van der Waals surface area contributed by atoms with Gasteiger partial charge in [-0.05, 0) is 54.1 Å². The molecule has 1 fully saturated rings. The quantitative estimate of drug-likeness (QED) is 0.743. The molecule has 2 N–H and O–H groups in total. The number of carbonyl (C=O) groups is 2. The minimum absolute atomic E-state index is 0.101. The fraction of sp³-hybridized carbons (Fsp3) is 0.467. The molecule has 2 rings (SSSR count). The average molecular weight is 402 g/mol. The van der Waals surface area contributed by atoms with Crippen molar-refractivity contribution in [3.63, 3.8) is 0 Å². The standard InChI is InChI=1S/C15H19IN2O3/c1-2-15(14(20)21)7-8-18(10-15)9-13(19)17-12-6-4-3-5-11(12)16/h3-6H,2,7-10H2,1H3,(H,17,19)(H,20,21). The second kappa shape index (κ2) is 6.74. The molecule has 1 aromatic rings. The second-order valence-electron chi connectivity index (χ2n) is 5.43. The lowest BCUT2D eigenvalue weighted by molar-refractivity contribution is -0.148. The van der Waals surface area contributed by atoms with Gasteiger partial charge in [0.2, 0.25) is 5.91 Å². The van der Waals surface area contributed by atoms with Gasteiger partial charge in [-0.1, -0.05) is 19.1 Å². The Kier molecular flexibility index (Phi) is 5.21. The number of carboxylic acid groups (broad SMARTS) is 1. The van der Waals surface area contributed by atoms with Gasteiger partial charge in [0.15, 0.2) is 0 Å². The van der Waals surface area contributed by atoms with E-state index in [1.54, 1.807) is 0 Å². The van der Waals surface area contributed by atoms with Gasteiger partial charge in [0.05, 0.1) is 17.6 Å². The van der Waals surface area contributed by atoms with E-state index >= 15 is 0 Å². The average Bonchev–Trinajstić information content (AvgIpc) is 2.86. The molecule has 1 amide bonds. The number of rotatable bonds is 5. The Balaban J connectivity index is 1.93. The summed E-state index contributed by atoms with van der Waals surface area (Å²) in [5.74, 6) is -0.859. The molecule has 0 saturated carbocycles. The number of amides is 1. The molecule has 1 unspecified atom stereocenters. The smallest absolute Gasteiger partial charge is 0.310 e. The third-order valence-corrected chi connectivity index (χ3v) is 5.02. The van der Waals surface area contributed by atoms with Crippen LogP contribution in [0.5, 0.6) is 0 Å². The number of benzene rings is 1. The van der Waals surface area contributed by atoms with Crippen LogP contribution < -0.4 is 5.32 Å². The minimum Gasteiger partial charge on any atom is -0.481 e. The molecule has 114 valence electrons. The predicted octanol–water partition coefficient (Wildman–Crippen LogP) is 2.42. The highest BCUT2D eigenvalue weighted by molar-refractivity contribution is 14.1. The molecule has 1 heterocycles. The molecule has 6 heteroatoms. The molecule has 21 heavy (non-hydrogen) atoms. The molecule has 0 aromatic heterocycles. The summed E-state index contributed by atoms with van der Waals surface area (Å²) in [4.78, 5) is 25.4. The van der Waals surface area contributed by atoms with Crippen molar-refractivity contribution in [3.8, 4) is 0 Å². The zero-order chi connectivity index (χ0) is 15.5. The Morgan fingerprint density at radius 3 is 2.71 bits per heavy atom. The number of carbonyl (C=O) groups excluding carboxylic acids is 1. The SMILES string of the molecule is CCC1(C(=O)O)CCN(CC(=O)Nc2ccccc2I)C1.